The van der Waals surface area contributed by atoms with E-state index in [1.54, 1.807) is 42.5 Å². The molecule has 0 fully saturated rings. The first kappa shape index (κ1) is 15.6. The molecule has 1 aromatic carbocycles. The molecule has 1 aliphatic rings. The quantitative estimate of drug-likeness (QED) is 0.622. The summed E-state index contributed by atoms with van der Waals surface area (Å²) in [6.07, 6.45) is 5.03. The number of sulfone groups is 1. The summed E-state index contributed by atoms with van der Waals surface area (Å²) in [5.74, 6) is -0.361. The maximum absolute atomic E-state index is 12.4. The average molecular weight is 330 g/mol. The third-order valence-corrected chi connectivity index (χ3v) is 6.15. The van der Waals surface area contributed by atoms with Crippen LogP contribution < -0.4 is 0 Å². The van der Waals surface area contributed by atoms with Crippen molar-refractivity contribution in [2.75, 3.05) is 5.75 Å². The number of alkyl halides is 1. The van der Waals surface area contributed by atoms with Crippen molar-refractivity contribution in [2.45, 2.75) is 16.7 Å². The Kier molecular flexibility index (Phi) is 4.33. The zero-order valence-electron chi connectivity index (χ0n) is 11.0. The smallest absolute Gasteiger partial charge is 0.180 e. The highest BCUT2D eigenvalue weighted by Crippen LogP contribution is 2.37. The van der Waals surface area contributed by atoms with Crippen LogP contribution in [-0.4, -0.2) is 19.0 Å². The van der Waals surface area contributed by atoms with Crippen molar-refractivity contribution in [3.63, 3.8) is 0 Å². The molecule has 2 unspecified atom stereocenters. The Balaban J connectivity index is 2.31. The van der Waals surface area contributed by atoms with Crippen molar-refractivity contribution < 1.29 is 8.42 Å². The highest BCUT2D eigenvalue weighted by atomic mass is 35.5. The van der Waals surface area contributed by atoms with E-state index in [4.69, 9.17) is 23.2 Å². The molecule has 1 radical (unpaired) electrons. The minimum Gasteiger partial charge on any atom is -0.224 e. The summed E-state index contributed by atoms with van der Waals surface area (Å²) in [7, 11) is -3.51. The van der Waals surface area contributed by atoms with E-state index in [1.165, 1.54) is 0 Å². The third kappa shape index (κ3) is 3.27. The van der Waals surface area contributed by atoms with Crippen LogP contribution in [0.2, 0.25) is 0 Å². The number of halogens is 2. The lowest BCUT2D eigenvalue weighted by molar-refractivity contribution is 0.592. The minimum absolute atomic E-state index is 0.0866. The summed E-state index contributed by atoms with van der Waals surface area (Å²) in [4.78, 5) is -0.961. The Morgan fingerprint density at radius 2 is 1.90 bits per heavy atom. The molecule has 0 heterocycles. The van der Waals surface area contributed by atoms with Gasteiger partial charge in [-0.2, -0.15) is 0 Å². The van der Waals surface area contributed by atoms with E-state index in [1.807, 2.05) is 6.92 Å². The van der Waals surface area contributed by atoms with Gasteiger partial charge in [0, 0.05) is 5.03 Å². The van der Waals surface area contributed by atoms with E-state index in [0.29, 0.717) is 5.03 Å². The van der Waals surface area contributed by atoms with Gasteiger partial charge in [0.1, 0.15) is 4.87 Å². The first-order valence-corrected chi connectivity index (χ1v) is 8.52. The molecule has 0 saturated carbocycles. The van der Waals surface area contributed by atoms with E-state index in [-0.39, 0.29) is 16.6 Å². The van der Waals surface area contributed by atoms with Crippen LogP contribution in [0, 0.1) is 19.8 Å². The van der Waals surface area contributed by atoms with Crippen LogP contribution in [0.25, 0.3) is 0 Å². The number of allylic oxidation sites excluding steroid dienone is 4. The van der Waals surface area contributed by atoms with Gasteiger partial charge in [0.05, 0.1) is 10.6 Å². The zero-order valence-corrected chi connectivity index (χ0v) is 13.3. The standard InChI is InChI=1S/C15H15Cl2O2S/c1-11-3-5-13(6-4-11)20(18,19)10-15(17)8-7-12(2)9-14(15)16/h3-9,12H,2,10H2,1H3. The van der Waals surface area contributed by atoms with E-state index >= 15 is 0 Å². The van der Waals surface area contributed by atoms with Crippen molar-refractivity contribution >= 4 is 33.0 Å². The van der Waals surface area contributed by atoms with Crippen LogP contribution in [-0.2, 0) is 9.84 Å². The molecule has 0 spiro atoms. The van der Waals surface area contributed by atoms with Gasteiger partial charge in [-0.15, -0.1) is 11.6 Å². The van der Waals surface area contributed by atoms with Crippen LogP contribution in [0.1, 0.15) is 5.56 Å². The van der Waals surface area contributed by atoms with Crippen LogP contribution in [0.3, 0.4) is 0 Å². The second-order valence-corrected chi connectivity index (χ2v) is 8.04. The molecule has 0 bridgehead atoms. The van der Waals surface area contributed by atoms with Crippen LogP contribution in [0.4, 0.5) is 0 Å². The molecule has 2 rings (SSSR count). The molecule has 0 aromatic heterocycles. The summed E-state index contributed by atoms with van der Waals surface area (Å²) in [6.45, 7) is 5.72. The maximum Gasteiger partial charge on any atom is 0.180 e. The van der Waals surface area contributed by atoms with Gasteiger partial charge in [-0.3, -0.25) is 0 Å². The highest BCUT2D eigenvalue weighted by Gasteiger charge is 2.36. The molecule has 5 heteroatoms. The van der Waals surface area contributed by atoms with E-state index in [9.17, 15) is 8.42 Å². The van der Waals surface area contributed by atoms with Gasteiger partial charge in [-0.25, -0.2) is 8.42 Å². The van der Waals surface area contributed by atoms with Crippen molar-refractivity contribution in [3.05, 3.63) is 60.0 Å². The van der Waals surface area contributed by atoms with E-state index in [0.717, 1.165) is 5.56 Å². The van der Waals surface area contributed by atoms with Gasteiger partial charge >= 0.3 is 0 Å². The topological polar surface area (TPSA) is 34.1 Å². The second kappa shape index (κ2) is 5.55. The van der Waals surface area contributed by atoms with Crippen LogP contribution >= 0.6 is 23.2 Å². The van der Waals surface area contributed by atoms with E-state index in [2.05, 4.69) is 6.92 Å². The predicted molar refractivity (Wildman–Crippen MR) is 83.7 cm³/mol. The van der Waals surface area contributed by atoms with Gasteiger partial charge < -0.3 is 0 Å². The van der Waals surface area contributed by atoms with Crippen molar-refractivity contribution in [3.8, 4) is 0 Å². The highest BCUT2D eigenvalue weighted by molar-refractivity contribution is 7.91. The Morgan fingerprint density at radius 3 is 2.45 bits per heavy atom. The van der Waals surface area contributed by atoms with Crippen molar-refractivity contribution in [2.24, 2.45) is 5.92 Å². The van der Waals surface area contributed by atoms with Gasteiger partial charge in [0.15, 0.2) is 9.84 Å². The average Bonchev–Trinajstić information content (AvgIpc) is 2.35. The molecular weight excluding hydrogens is 315 g/mol. The number of aryl methyl sites for hydroxylation is 1. The first-order valence-electron chi connectivity index (χ1n) is 6.11. The summed E-state index contributed by atoms with van der Waals surface area (Å²) in [5.41, 5.74) is 1.000. The third-order valence-electron chi connectivity index (χ3n) is 3.15. The molecule has 0 aliphatic heterocycles. The van der Waals surface area contributed by atoms with Crippen molar-refractivity contribution in [1.29, 1.82) is 0 Å². The fourth-order valence-electron chi connectivity index (χ4n) is 1.96. The maximum atomic E-state index is 12.4. The fourth-order valence-corrected chi connectivity index (χ4v) is 4.42. The number of rotatable bonds is 3. The molecule has 20 heavy (non-hydrogen) atoms. The molecule has 1 aliphatic carbocycles. The molecule has 2 nitrogen and oxygen atoms in total. The lowest BCUT2D eigenvalue weighted by atomic mass is 9.98. The normalized spacial score (nSPS) is 26.4. The van der Waals surface area contributed by atoms with Crippen LogP contribution in [0.5, 0.6) is 0 Å². The summed E-state index contributed by atoms with van der Waals surface area (Å²) in [5, 5.41) is 0.303. The van der Waals surface area contributed by atoms with Gasteiger partial charge in [-0.05, 0) is 31.9 Å². The SMILES string of the molecule is [CH2]C1C=CC(Cl)(CS(=O)(=O)c2ccc(C)cc2)C(Cl)=C1. The number of hydrogen-bond acceptors (Lipinski definition) is 2. The summed E-state index contributed by atoms with van der Waals surface area (Å²) in [6, 6.07) is 6.68. The van der Waals surface area contributed by atoms with Gasteiger partial charge in [-0.1, -0.05) is 47.5 Å². The van der Waals surface area contributed by atoms with E-state index < -0.39 is 14.7 Å². The van der Waals surface area contributed by atoms with Crippen molar-refractivity contribution in [1.82, 2.24) is 0 Å². The summed E-state index contributed by atoms with van der Waals surface area (Å²) >= 11 is 12.5. The minimum atomic E-state index is -3.51. The van der Waals surface area contributed by atoms with Gasteiger partial charge in [0.2, 0.25) is 0 Å². The van der Waals surface area contributed by atoms with Gasteiger partial charge in [0.25, 0.3) is 0 Å². The molecule has 0 amide bonds. The summed E-state index contributed by atoms with van der Waals surface area (Å²) < 4.78 is 24.8. The number of hydrogen-bond donors (Lipinski definition) is 0. The molecule has 0 N–H and O–H groups in total. The Hall–Kier alpha value is -0.770. The lowest BCUT2D eigenvalue weighted by Gasteiger charge is -2.27. The zero-order chi connectivity index (χ0) is 15.0. The molecule has 2 atom stereocenters. The largest absolute Gasteiger partial charge is 0.224 e. The predicted octanol–water partition coefficient (Wildman–Crippen LogP) is 3.89. The Labute approximate surface area is 130 Å². The molecule has 107 valence electrons. The lowest BCUT2D eigenvalue weighted by Crippen LogP contribution is -2.32. The number of benzene rings is 1. The molecule has 0 saturated heterocycles. The first-order chi connectivity index (χ1) is 9.23. The Bertz CT molecular complexity index is 660. The second-order valence-electron chi connectivity index (χ2n) is 4.97. The fraction of sp³-hybridized carbons (Fsp3) is 0.267. The van der Waals surface area contributed by atoms with Crippen LogP contribution in [0.15, 0.2) is 52.4 Å². The molecular formula is C15H15Cl2O2S. The monoisotopic (exact) mass is 329 g/mol. The molecule has 1 aromatic rings. The Morgan fingerprint density at radius 1 is 1.30 bits per heavy atom.